The van der Waals surface area contributed by atoms with Gasteiger partial charge in [0, 0.05) is 0 Å². The van der Waals surface area contributed by atoms with E-state index in [9.17, 15) is 32.3 Å². The predicted molar refractivity (Wildman–Crippen MR) is 90.3 cm³/mol. The second-order valence-corrected chi connectivity index (χ2v) is 6.27. The molecule has 0 aromatic heterocycles. The molecule has 2 aromatic carbocycles. The van der Waals surface area contributed by atoms with Crippen molar-refractivity contribution >= 4 is 11.9 Å². The second kappa shape index (κ2) is 9.39. The number of carbonyl (C=O) groups is 2. The number of hydrogen-bond donors (Lipinski definition) is 1. The zero-order chi connectivity index (χ0) is 22.6. The molecule has 0 radical (unpaired) electrons. The molecule has 1 aliphatic heterocycles. The van der Waals surface area contributed by atoms with Crippen LogP contribution in [0, 0.1) is 11.6 Å². The molecule has 0 bridgehead atoms. The third kappa shape index (κ3) is 5.35. The Balaban J connectivity index is 1.58. The maximum atomic E-state index is 14.1. The lowest BCUT2D eigenvalue weighted by molar-refractivity contribution is -0.327. The van der Waals surface area contributed by atoms with E-state index in [-0.39, 0.29) is 11.1 Å². The van der Waals surface area contributed by atoms with Gasteiger partial charge in [0.25, 0.3) is 0 Å². The highest BCUT2D eigenvalue weighted by Gasteiger charge is 2.61. The largest absolute Gasteiger partial charge is 0.373 e. The van der Waals surface area contributed by atoms with Gasteiger partial charge >= 0.3 is 17.9 Å². The smallest absolute Gasteiger partial charge is 0.363 e. The zero-order valence-corrected chi connectivity index (χ0v) is 15.4. The van der Waals surface area contributed by atoms with Crippen LogP contribution in [0.5, 0.6) is 0 Å². The molecule has 3 rings (SSSR count). The fourth-order valence-electron chi connectivity index (χ4n) is 2.55. The first kappa shape index (κ1) is 22.6. The van der Waals surface area contributed by atoms with Gasteiger partial charge in [0.2, 0.25) is 12.4 Å². The highest BCUT2D eigenvalue weighted by Crippen LogP contribution is 2.37. The molecule has 1 N–H and O–H groups in total. The van der Waals surface area contributed by atoms with Gasteiger partial charge in [-0.15, -0.1) is 0 Å². The van der Waals surface area contributed by atoms with Crippen LogP contribution in [0.2, 0.25) is 0 Å². The van der Waals surface area contributed by atoms with Crippen LogP contribution < -0.4 is 0 Å². The summed E-state index contributed by atoms with van der Waals surface area (Å²) in [6, 6.07) is 8.57. The summed E-state index contributed by atoms with van der Waals surface area (Å²) in [7, 11) is 0. The highest BCUT2D eigenvalue weighted by molar-refractivity contribution is 5.89. The molecule has 12 heteroatoms. The molecule has 1 saturated heterocycles. The molecule has 0 aliphatic carbocycles. The van der Waals surface area contributed by atoms with Crippen LogP contribution in [0.3, 0.4) is 0 Å². The highest BCUT2D eigenvalue weighted by atomic mass is 19.3. The molecule has 0 saturated carbocycles. The van der Waals surface area contributed by atoms with Crippen molar-refractivity contribution in [1.82, 2.24) is 0 Å². The fraction of sp³-hybridized carbons (Fsp3) is 0.263. The van der Waals surface area contributed by atoms with Crippen LogP contribution in [-0.2, 0) is 24.3 Å². The Hall–Kier alpha value is -3.06. The normalized spacial score (nSPS) is 22.2. The third-order valence-corrected chi connectivity index (χ3v) is 4.06. The Kier molecular flexibility index (Phi) is 6.85. The summed E-state index contributed by atoms with van der Waals surface area (Å²) in [5, 5.41) is 9.39. The molecular formula is C19H14F4O8. The minimum atomic E-state index is -4.04. The Labute approximate surface area is 171 Å². The summed E-state index contributed by atoms with van der Waals surface area (Å²) < 4.78 is 59.1. The lowest BCUT2D eigenvalue weighted by atomic mass is 10.1. The van der Waals surface area contributed by atoms with Crippen molar-refractivity contribution in [2.75, 3.05) is 6.61 Å². The Bertz CT molecular complexity index is 954. The van der Waals surface area contributed by atoms with Crippen molar-refractivity contribution in [3.05, 3.63) is 71.3 Å². The van der Waals surface area contributed by atoms with E-state index < -0.39 is 54.6 Å². The van der Waals surface area contributed by atoms with E-state index in [0.717, 1.165) is 30.3 Å². The molecule has 0 spiro atoms. The minimum absolute atomic E-state index is 0.213. The second-order valence-electron chi connectivity index (χ2n) is 6.27. The average molecular weight is 446 g/mol. The van der Waals surface area contributed by atoms with Crippen LogP contribution in [0.15, 0.2) is 48.5 Å². The molecule has 2 aromatic rings. The molecule has 1 heterocycles. The molecule has 0 amide bonds. The van der Waals surface area contributed by atoms with Crippen LogP contribution in [0.25, 0.3) is 0 Å². The number of aliphatic hydroxyl groups excluding tert-OH is 1. The number of halogens is 4. The fourth-order valence-corrected chi connectivity index (χ4v) is 2.55. The van der Waals surface area contributed by atoms with Crippen molar-refractivity contribution in [1.29, 1.82) is 0 Å². The number of hydrogen-bond acceptors (Lipinski definition) is 8. The number of ether oxygens (including phenoxy) is 1. The molecular weight excluding hydrogens is 432 g/mol. The van der Waals surface area contributed by atoms with Gasteiger partial charge in [-0.05, 0) is 36.4 Å². The first-order chi connectivity index (χ1) is 14.7. The van der Waals surface area contributed by atoms with Crippen molar-refractivity contribution in [3.8, 4) is 0 Å². The van der Waals surface area contributed by atoms with Crippen molar-refractivity contribution < 1.29 is 56.5 Å². The van der Waals surface area contributed by atoms with Gasteiger partial charge < -0.3 is 9.84 Å². The summed E-state index contributed by atoms with van der Waals surface area (Å²) in [6.07, 6.45) is -6.74. The predicted octanol–water partition coefficient (Wildman–Crippen LogP) is 2.56. The molecule has 1 unspecified atom stereocenters. The summed E-state index contributed by atoms with van der Waals surface area (Å²) in [5.74, 6) is -7.94. The molecule has 1 fully saturated rings. The van der Waals surface area contributed by atoms with E-state index in [1.54, 1.807) is 0 Å². The standard InChI is InChI=1S/C19H14F4O8/c20-12-5-1-3-10(7-12)16(24)30-27-9-14-15(19(22,23)18(26)28-14)29-31-17(25)11-4-2-6-13(21)8-11/h1-8,14-15,18,26H,9H2/t14-,15-,18?/m1/s1. The van der Waals surface area contributed by atoms with E-state index >= 15 is 0 Å². The number of benzene rings is 2. The van der Waals surface area contributed by atoms with Crippen LogP contribution >= 0.6 is 0 Å². The Morgan fingerprint density at radius 1 is 0.968 bits per heavy atom. The van der Waals surface area contributed by atoms with Crippen molar-refractivity contribution in [2.45, 2.75) is 24.4 Å². The van der Waals surface area contributed by atoms with Gasteiger partial charge in [-0.1, -0.05) is 12.1 Å². The Morgan fingerprint density at radius 3 is 2.06 bits per heavy atom. The number of aliphatic hydroxyl groups is 1. The summed E-state index contributed by atoms with van der Waals surface area (Å²) in [4.78, 5) is 41.3. The summed E-state index contributed by atoms with van der Waals surface area (Å²) >= 11 is 0. The van der Waals surface area contributed by atoms with Crippen molar-refractivity contribution in [3.63, 3.8) is 0 Å². The average Bonchev–Trinajstić information content (AvgIpc) is 2.94. The third-order valence-electron chi connectivity index (χ3n) is 4.06. The molecule has 8 nitrogen and oxygen atoms in total. The van der Waals surface area contributed by atoms with Gasteiger partial charge in [-0.25, -0.2) is 18.4 Å². The number of rotatable bonds is 7. The first-order valence-corrected chi connectivity index (χ1v) is 8.62. The molecule has 31 heavy (non-hydrogen) atoms. The summed E-state index contributed by atoms with van der Waals surface area (Å²) in [5.41, 5.74) is -0.533. The van der Waals surface area contributed by atoms with E-state index in [1.165, 1.54) is 18.2 Å². The molecule has 1 aliphatic rings. The van der Waals surface area contributed by atoms with Gasteiger partial charge in [0.15, 0.2) is 0 Å². The quantitative estimate of drug-likeness (QED) is 0.394. The van der Waals surface area contributed by atoms with Crippen LogP contribution in [0.4, 0.5) is 17.6 Å². The van der Waals surface area contributed by atoms with Gasteiger partial charge in [-0.3, -0.25) is 9.78 Å². The monoisotopic (exact) mass is 446 g/mol. The lowest BCUT2D eigenvalue weighted by Gasteiger charge is -2.20. The first-order valence-electron chi connectivity index (χ1n) is 8.62. The lowest BCUT2D eigenvalue weighted by Crippen LogP contribution is -2.43. The number of carbonyl (C=O) groups excluding carboxylic acids is 2. The van der Waals surface area contributed by atoms with E-state index in [1.807, 2.05) is 0 Å². The number of alkyl halides is 2. The molecule has 3 atom stereocenters. The van der Waals surface area contributed by atoms with Gasteiger partial charge in [-0.2, -0.15) is 18.6 Å². The summed E-state index contributed by atoms with van der Waals surface area (Å²) in [6.45, 7) is -0.865. The van der Waals surface area contributed by atoms with Gasteiger partial charge in [0.1, 0.15) is 24.3 Å². The van der Waals surface area contributed by atoms with Crippen molar-refractivity contribution in [2.24, 2.45) is 0 Å². The maximum Gasteiger partial charge on any atom is 0.373 e. The zero-order valence-electron chi connectivity index (χ0n) is 15.4. The Morgan fingerprint density at radius 2 is 1.52 bits per heavy atom. The van der Waals surface area contributed by atoms with Crippen LogP contribution in [0.1, 0.15) is 20.7 Å². The minimum Gasteiger partial charge on any atom is -0.363 e. The van der Waals surface area contributed by atoms with Crippen LogP contribution in [-0.4, -0.2) is 48.1 Å². The molecule has 166 valence electrons. The van der Waals surface area contributed by atoms with E-state index in [0.29, 0.717) is 0 Å². The topological polar surface area (TPSA) is 101 Å². The van der Waals surface area contributed by atoms with E-state index in [4.69, 9.17) is 0 Å². The van der Waals surface area contributed by atoms with Gasteiger partial charge in [0.05, 0.1) is 11.1 Å². The van der Waals surface area contributed by atoms with E-state index in [2.05, 4.69) is 24.3 Å². The maximum absolute atomic E-state index is 14.1. The SMILES string of the molecule is O=C(OOC[C@H]1OC(O)C(F)(F)[C@@H]1OOC(=O)c1cccc(F)c1)c1cccc(F)c1.